The largest absolute Gasteiger partial charge is 0.550 e. The van der Waals surface area contributed by atoms with Crippen molar-refractivity contribution in [2.45, 2.75) is 25.8 Å². The number of carbonyl (C=O) groups excluding carboxylic acids is 4. The molecule has 2 aromatic carbocycles. The Balaban J connectivity index is 2.02. The van der Waals surface area contributed by atoms with Crippen LogP contribution in [0, 0.1) is 18.7 Å². The highest BCUT2D eigenvalue weighted by Gasteiger charge is 2.52. The molecule has 6 nitrogen and oxygen atoms in total. The van der Waals surface area contributed by atoms with Gasteiger partial charge in [-0.05, 0) is 25.8 Å². The summed E-state index contributed by atoms with van der Waals surface area (Å²) in [6, 6.07) is 11.1. The molecular weight excluding hydrogens is 377 g/mol. The maximum absolute atomic E-state index is 14.5. The summed E-state index contributed by atoms with van der Waals surface area (Å²) in [5.74, 6) is -5.74. The molecule has 29 heavy (non-hydrogen) atoms. The summed E-state index contributed by atoms with van der Waals surface area (Å²) >= 11 is 0. The predicted molar refractivity (Wildman–Crippen MR) is 99.1 cm³/mol. The molecule has 0 aromatic heterocycles. The van der Waals surface area contributed by atoms with Crippen molar-refractivity contribution in [3.8, 4) is 0 Å². The van der Waals surface area contributed by atoms with Crippen molar-refractivity contribution in [3.63, 3.8) is 0 Å². The van der Waals surface area contributed by atoms with Gasteiger partial charge in [-0.25, -0.2) is 4.39 Å². The number of Topliss-reactive ketones (excluding diaryl/α,β-unsaturated/α-hetero) is 2. The standard InChI is InChI=1S/C22H20FNO5/c1-13-8-10-14(11-9-13)20(27)18-19(15-5-2-3-6-16(15)23)24(22(29)21(18)28)12-4-7-17(25)26/h2-3,5-6,8-11,18-19H,4,7,12H2,1H3,(H,25,26)/p-1. The second kappa shape index (κ2) is 8.34. The van der Waals surface area contributed by atoms with Gasteiger partial charge in [0, 0.05) is 23.6 Å². The number of likely N-dealkylation sites (tertiary alicyclic amines) is 1. The molecule has 7 heteroatoms. The molecule has 1 saturated heterocycles. The Bertz CT molecular complexity index is 969. The van der Waals surface area contributed by atoms with Crippen LogP contribution < -0.4 is 5.11 Å². The highest BCUT2D eigenvalue weighted by molar-refractivity contribution is 6.44. The minimum absolute atomic E-state index is 0.0255. The summed E-state index contributed by atoms with van der Waals surface area (Å²) in [6.07, 6.45) is -0.295. The van der Waals surface area contributed by atoms with Crippen LogP contribution in [0.15, 0.2) is 48.5 Å². The van der Waals surface area contributed by atoms with E-state index in [9.17, 15) is 28.7 Å². The molecule has 1 amide bonds. The van der Waals surface area contributed by atoms with E-state index in [1.54, 1.807) is 30.3 Å². The Morgan fingerprint density at radius 1 is 1.07 bits per heavy atom. The topological polar surface area (TPSA) is 94.6 Å². The van der Waals surface area contributed by atoms with Crippen LogP contribution in [0.2, 0.25) is 0 Å². The average Bonchev–Trinajstić information content (AvgIpc) is 2.93. The number of carboxylic acids is 1. The number of benzene rings is 2. The summed E-state index contributed by atoms with van der Waals surface area (Å²) in [5.41, 5.74) is 1.22. The van der Waals surface area contributed by atoms with E-state index in [-0.39, 0.29) is 30.5 Å². The van der Waals surface area contributed by atoms with E-state index in [0.29, 0.717) is 0 Å². The summed E-state index contributed by atoms with van der Waals surface area (Å²) < 4.78 is 14.5. The molecule has 2 atom stereocenters. The van der Waals surface area contributed by atoms with Crippen molar-refractivity contribution in [1.82, 2.24) is 4.90 Å². The van der Waals surface area contributed by atoms with Crippen molar-refractivity contribution < 1.29 is 28.7 Å². The molecule has 1 fully saturated rings. The number of nitrogens with zero attached hydrogens (tertiary/aromatic N) is 1. The number of carbonyl (C=O) groups is 4. The van der Waals surface area contributed by atoms with Crippen LogP contribution >= 0.6 is 0 Å². The molecule has 2 unspecified atom stereocenters. The lowest BCUT2D eigenvalue weighted by Gasteiger charge is -2.27. The third-order valence-electron chi connectivity index (χ3n) is 5.03. The first-order valence-corrected chi connectivity index (χ1v) is 9.21. The van der Waals surface area contributed by atoms with Crippen LogP contribution in [-0.4, -0.2) is 34.9 Å². The Kier molecular flexibility index (Phi) is 5.87. The van der Waals surface area contributed by atoms with Gasteiger partial charge in [0.15, 0.2) is 5.78 Å². The van der Waals surface area contributed by atoms with Gasteiger partial charge in [-0.3, -0.25) is 14.4 Å². The predicted octanol–water partition coefficient (Wildman–Crippen LogP) is 1.62. The Morgan fingerprint density at radius 2 is 1.72 bits per heavy atom. The van der Waals surface area contributed by atoms with Crippen molar-refractivity contribution in [2.75, 3.05) is 6.54 Å². The number of ketones is 2. The zero-order valence-electron chi connectivity index (χ0n) is 15.8. The average molecular weight is 396 g/mol. The monoisotopic (exact) mass is 396 g/mol. The molecule has 1 heterocycles. The fourth-order valence-corrected chi connectivity index (χ4v) is 3.58. The fourth-order valence-electron chi connectivity index (χ4n) is 3.58. The van der Waals surface area contributed by atoms with Crippen LogP contribution in [0.4, 0.5) is 4.39 Å². The quantitative estimate of drug-likeness (QED) is 0.403. The minimum Gasteiger partial charge on any atom is -0.550 e. The van der Waals surface area contributed by atoms with Gasteiger partial charge in [-0.1, -0.05) is 48.0 Å². The number of amides is 1. The van der Waals surface area contributed by atoms with E-state index in [2.05, 4.69) is 0 Å². The molecule has 150 valence electrons. The third-order valence-corrected chi connectivity index (χ3v) is 5.03. The maximum atomic E-state index is 14.5. The van der Waals surface area contributed by atoms with E-state index in [1.807, 2.05) is 6.92 Å². The molecule has 1 aliphatic heterocycles. The molecule has 1 aliphatic rings. The van der Waals surface area contributed by atoms with Crippen molar-refractivity contribution >= 4 is 23.4 Å². The van der Waals surface area contributed by atoms with Crippen LogP contribution in [0.25, 0.3) is 0 Å². The van der Waals surface area contributed by atoms with Crippen LogP contribution in [-0.2, 0) is 14.4 Å². The second-order valence-corrected chi connectivity index (χ2v) is 7.01. The lowest BCUT2D eigenvalue weighted by molar-refractivity contribution is -0.305. The molecule has 0 aliphatic carbocycles. The molecule has 2 aromatic rings. The van der Waals surface area contributed by atoms with Gasteiger partial charge in [0.25, 0.3) is 5.91 Å². The Labute approximate surface area is 166 Å². The van der Waals surface area contributed by atoms with Gasteiger partial charge in [0.2, 0.25) is 5.78 Å². The molecule has 0 saturated carbocycles. The zero-order chi connectivity index (χ0) is 21.1. The summed E-state index contributed by atoms with van der Waals surface area (Å²) in [6.45, 7) is 1.74. The van der Waals surface area contributed by atoms with Crippen LogP contribution in [0.1, 0.15) is 40.4 Å². The van der Waals surface area contributed by atoms with Gasteiger partial charge in [-0.15, -0.1) is 0 Å². The maximum Gasteiger partial charge on any atom is 0.291 e. The van der Waals surface area contributed by atoms with Crippen molar-refractivity contribution in [3.05, 3.63) is 71.0 Å². The third kappa shape index (κ3) is 4.08. The van der Waals surface area contributed by atoms with Crippen molar-refractivity contribution in [2.24, 2.45) is 5.92 Å². The number of halogens is 1. The van der Waals surface area contributed by atoms with Crippen molar-refractivity contribution in [1.29, 1.82) is 0 Å². The number of hydrogen-bond acceptors (Lipinski definition) is 5. The number of aryl methyl sites for hydroxylation is 1. The minimum atomic E-state index is -1.40. The lowest BCUT2D eigenvalue weighted by Crippen LogP contribution is -2.33. The Morgan fingerprint density at radius 3 is 2.34 bits per heavy atom. The highest BCUT2D eigenvalue weighted by atomic mass is 19.1. The Hall–Kier alpha value is -3.35. The van der Waals surface area contributed by atoms with E-state index >= 15 is 0 Å². The number of aliphatic carboxylic acids is 1. The number of carboxylic acid groups (broad SMARTS) is 1. The zero-order valence-corrected chi connectivity index (χ0v) is 15.8. The molecule has 0 radical (unpaired) electrons. The van der Waals surface area contributed by atoms with E-state index in [0.717, 1.165) is 10.5 Å². The lowest BCUT2D eigenvalue weighted by atomic mass is 9.86. The molecular formula is C22H19FNO5-. The van der Waals surface area contributed by atoms with E-state index in [1.165, 1.54) is 18.2 Å². The van der Waals surface area contributed by atoms with Gasteiger partial charge >= 0.3 is 0 Å². The van der Waals surface area contributed by atoms with E-state index in [4.69, 9.17) is 0 Å². The molecule has 0 N–H and O–H groups in total. The second-order valence-electron chi connectivity index (χ2n) is 7.01. The number of rotatable bonds is 7. The van der Waals surface area contributed by atoms with Gasteiger partial charge in [0.05, 0.1) is 6.04 Å². The fraction of sp³-hybridized carbons (Fsp3) is 0.273. The van der Waals surface area contributed by atoms with E-state index < -0.39 is 41.2 Å². The number of hydrogen-bond donors (Lipinski definition) is 0. The highest BCUT2D eigenvalue weighted by Crippen LogP contribution is 2.39. The normalized spacial score (nSPS) is 18.9. The smallest absolute Gasteiger partial charge is 0.291 e. The first-order valence-electron chi connectivity index (χ1n) is 9.21. The summed E-state index contributed by atoms with van der Waals surface area (Å²) in [4.78, 5) is 50.3. The van der Waals surface area contributed by atoms with Gasteiger partial charge in [0.1, 0.15) is 11.7 Å². The van der Waals surface area contributed by atoms with Crippen LogP contribution in [0.5, 0.6) is 0 Å². The van der Waals surface area contributed by atoms with Crippen LogP contribution in [0.3, 0.4) is 0 Å². The molecule has 0 bridgehead atoms. The van der Waals surface area contributed by atoms with Gasteiger partial charge in [-0.2, -0.15) is 0 Å². The molecule has 3 rings (SSSR count). The van der Waals surface area contributed by atoms with Gasteiger partial charge < -0.3 is 14.8 Å². The first kappa shape index (κ1) is 20.4. The SMILES string of the molecule is Cc1ccc(C(=O)C2C(=O)C(=O)N(CCCC(=O)[O-])C2c2ccccc2F)cc1. The first-order chi connectivity index (χ1) is 13.8. The summed E-state index contributed by atoms with van der Waals surface area (Å²) in [5, 5.41) is 10.7. The molecule has 0 spiro atoms. The summed E-state index contributed by atoms with van der Waals surface area (Å²) in [7, 11) is 0.